The van der Waals surface area contributed by atoms with Gasteiger partial charge in [-0.25, -0.2) is 4.98 Å². The monoisotopic (exact) mass is 409 g/mol. The van der Waals surface area contributed by atoms with Gasteiger partial charge in [-0.2, -0.15) is 0 Å². The molecule has 4 aromatic rings. The van der Waals surface area contributed by atoms with Crippen molar-refractivity contribution in [1.29, 1.82) is 0 Å². The van der Waals surface area contributed by atoms with Crippen molar-refractivity contribution in [2.45, 2.75) is 10.9 Å². The molecule has 0 N–H and O–H groups in total. The number of pyridine rings is 1. The molecule has 2 aromatic carbocycles. The molecule has 0 fully saturated rings. The highest BCUT2D eigenvalue weighted by Gasteiger charge is 2.13. The summed E-state index contributed by atoms with van der Waals surface area (Å²) in [5.74, 6) is 0.522. The Morgan fingerprint density at radius 1 is 1.04 bits per heavy atom. The van der Waals surface area contributed by atoms with Gasteiger partial charge in [0, 0.05) is 30.1 Å². The SMILES string of the molecule is Cn1ccc(CSc2nc3ccccc3c(=O)n2-c2ccc(Cl)cc2)cc1=O. The normalized spacial score (nSPS) is 11.1. The number of nitrogens with zero attached hydrogens (tertiary/aromatic N) is 3. The Morgan fingerprint density at radius 2 is 1.79 bits per heavy atom. The number of rotatable bonds is 4. The number of hydrogen-bond donors (Lipinski definition) is 0. The maximum atomic E-state index is 13.2. The molecule has 2 heterocycles. The molecule has 0 saturated carbocycles. The van der Waals surface area contributed by atoms with Gasteiger partial charge >= 0.3 is 0 Å². The van der Waals surface area contributed by atoms with Crippen LogP contribution in [0.15, 0.2) is 81.6 Å². The van der Waals surface area contributed by atoms with Gasteiger partial charge in [0.1, 0.15) is 0 Å². The second-order valence-electron chi connectivity index (χ2n) is 6.30. The zero-order valence-electron chi connectivity index (χ0n) is 15.0. The predicted octanol–water partition coefficient (Wildman–Crippen LogP) is 4.03. The van der Waals surface area contributed by atoms with Crippen LogP contribution in [-0.4, -0.2) is 14.1 Å². The molecule has 0 amide bonds. The summed E-state index contributed by atoms with van der Waals surface area (Å²) in [7, 11) is 1.71. The molecule has 0 unspecified atom stereocenters. The summed E-state index contributed by atoms with van der Waals surface area (Å²) >= 11 is 7.42. The third kappa shape index (κ3) is 3.61. The third-order valence-electron chi connectivity index (χ3n) is 4.37. The highest BCUT2D eigenvalue weighted by Crippen LogP contribution is 2.24. The molecule has 0 aliphatic heterocycles. The molecular weight excluding hydrogens is 394 g/mol. The van der Waals surface area contributed by atoms with Crippen LogP contribution in [0.2, 0.25) is 5.02 Å². The van der Waals surface area contributed by atoms with E-state index >= 15 is 0 Å². The molecule has 4 rings (SSSR count). The molecular formula is C21H16ClN3O2S. The fraction of sp³-hybridized carbons (Fsp3) is 0.0952. The van der Waals surface area contributed by atoms with Crippen LogP contribution in [0.3, 0.4) is 0 Å². The first kappa shape index (κ1) is 18.5. The van der Waals surface area contributed by atoms with E-state index in [0.717, 1.165) is 5.56 Å². The first-order valence-corrected chi connectivity index (χ1v) is 9.95. The van der Waals surface area contributed by atoms with Crippen molar-refractivity contribution in [2.24, 2.45) is 7.05 Å². The van der Waals surface area contributed by atoms with Crippen molar-refractivity contribution in [3.8, 4) is 5.69 Å². The number of hydrogen-bond acceptors (Lipinski definition) is 4. The van der Waals surface area contributed by atoms with Crippen LogP contribution in [0.25, 0.3) is 16.6 Å². The average molecular weight is 410 g/mol. The zero-order valence-corrected chi connectivity index (χ0v) is 16.6. The zero-order chi connectivity index (χ0) is 19.7. The Kier molecular flexibility index (Phi) is 5.07. The van der Waals surface area contributed by atoms with Crippen molar-refractivity contribution in [2.75, 3.05) is 0 Å². The van der Waals surface area contributed by atoms with E-state index in [-0.39, 0.29) is 11.1 Å². The predicted molar refractivity (Wildman–Crippen MR) is 114 cm³/mol. The minimum absolute atomic E-state index is 0.0698. The summed E-state index contributed by atoms with van der Waals surface area (Å²) in [6.07, 6.45) is 1.73. The number of fused-ring (bicyclic) bond motifs is 1. The molecule has 0 aliphatic rings. The van der Waals surface area contributed by atoms with E-state index in [9.17, 15) is 9.59 Å². The van der Waals surface area contributed by atoms with Crippen molar-refractivity contribution in [3.05, 3.63) is 98.2 Å². The molecule has 5 nitrogen and oxygen atoms in total. The molecule has 140 valence electrons. The van der Waals surface area contributed by atoms with Crippen LogP contribution >= 0.6 is 23.4 Å². The van der Waals surface area contributed by atoms with Crippen molar-refractivity contribution in [3.63, 3.8) is 0 Å². The lowest BCUT2D eigenvalue weighted by Crippen LogP contribution is -2.21. The second kappa shape index (κ2) is 7.66. The van der Waals surface area contributed by atoms with Crippen LogP contribution in [0.5, 0.6) is 0 Å². The standard InChI is InChI=1S/C21H16ClN3O2S/c1-24-11-10-14(12-19(24)26)13-28-21-23-18-5-3-2-4-17(18)20(27)25(21)16-8-6-15(22)7-9-16/h2-12H,13H2,1H3. The number of thioether (sulfide) groups is 1. The van der Waals surface area contributed by atoms with Crippen molar-refractivity contribution >= 4 is 34.3 Å². The van der Waals surface area contributed by atoms with E-state index in [4.69, 9.17) is 16.6 Å². The molecule has 0 aliphatic carbocycles. The number of para-hydroxylation sites is 1. The summed E-state index contributed by atoms with van der Waals surface area (Å²) < 4.78 is 3.11. The van der Waals surface area contributed by atoms with Crippen molar-refractivity contribution in [1.82, 2.24) is 14.1 Å². The van der Waals surface area contributed by atoms with Crippen molar-refractivity contribution < 1.29 is 0 Å². The Hall–Kier alpha value is -2.83. The molecule has 2 aromatic heterocycles. The molecule has 28 heavy (non-hydrogen) atoms. The van der Waals surface area contributed by atoms with E-state index in [1.54, 1.807) is 54.2 Å². The quantitative estimate of drug-likeness (QED) is 0.377. The number of aryl methyl sites for hydroxylation is 1. The summed E-state index contributed by atoms with van der Waals surface area (Å²) in [5.41, 5.74) is 2.00. The fourth-order valence-corrected chi connectivity index (χ4v) is 3.94. The van der Waals surface area contributed by atoms with Gasteiger partial charge in [-0.05, 0) is 48.0 Å². The van der Waals surface area contributed by atoms with Gasteiger partial charge in [0.15, 0.2) is 5.16 Å². The van der Waals surface area contributed by atoms with Crippen LogP contribution in [0.1, 0.15) is 5.56 Å². The molecule has 0 spiro atoms. The van der Waals surface area contributed by atoms with Crippen LogP contribution in [0, 0.1) is 0 Å². The summed E-state index contributed by atoms with van der Waals surface area (Å²) in [5, 5.41) is 1.71. The van der Waals surface area contributed by atoms with E-state index in [0.29, 0.717) is 32.5 Å². The van der Waals surface area contributed by atoms with Gasteiger partial charge in [0.05, 0.1) is 16.6 Å². The highest BCUT2D eigenvalue weighted by molar-refractivity contribution is 7.98. The maximum Gasteiger partial charge on any atom is 0.266 e. The first-order valence-electron chi connectivity index (χ1n) is 8.59. The van der Waals surface area contributed by atoms with Gasteiger partial charge in [-0.1, -0.05) is 35.5 Å². The maximum absolute atomic E-state index is 13.2. The summed E-state index contributed by atoms with van der Waals surface area (Å²) in [6.45, 7) is 0. The minimum atomic E-state index is -0.139. The third-order valence-corrected chi connectivity index (χ3v) is 5.63. The largest absolute Gasteiger partial charge is 0.319 e. The minimum Gasteiger partial charge on any atom is -0.319 e. The lowest BCUT2D eigenvalue weighted by Gasteiger charge is -2.13. The second-order valence-corrected chi connectivity index (χ2v) is 7.68. The fourth-order valence-electron chi connectivity index (χ4n) is 2.85. The smallest absolute Gasteiger partial charge is 0.266 e. The molecule has 7 heteroatoms. The Balaban J connectivity index is 1.82. The van der Waals surface area contributed by atoms with Crippen LogP contribution in [0.4, 0.5) is 0 Å². The molecule has 0 saturated heterocycles. The molecule has 0 bridgehead atoms. The Morgan fingerprint density at radius 3 is 2.54 bits per heavy atom. The molecule has 0 atom stereocenters. The topological polar surface area (TPSA) is 56.9 Å². The highest BCUT2D eigenvalue weighted by atomic mass is 35.5. The summed E-state index contributed by atoms with van der Waals surface area (Å²) in [6, 6.07) is 17.8. The van der Waals surface area contributed by atoms with Crippen LogP contribution < -0.4 is 11.1 Å². The molecule has 0 radical (unpaired) electrons. The number of aromatic nitrogens is 3. The number of benzene rings is 2. The number of halogens is 1. The Labute approximate surface area is 170 Å². The van der Waals surface area contributed by atoms with Gasteiger partial charge in [0.2, 0.25) is 0 Å². The first-order chi connectivity index (χ1) is 13.5. The van der Waals surface area contributed by atoms with Crippen LogP contribution in [-0.2, 0) is 12.8 Å². The summed E-state index contributed by atoms with van der Waals surface area (Å²) in [4.78, 5) is 29.7. The van der Waals surface area contributed by atoms with Gasteiger partial charge in [-0.3, -0.25) is 14.2 Å². The lowest BCUT2D eigenvalue weighted by molar-refractivity contribution is 0.819. The average Bonchev–Trinajstić information content (AvgIpc) is 2.70. The van der Waals surface area contributed by atoms with Gasteiger partial charge in [0.25, 0.3) is 11.1 Å². The van der Waals surface area contributed by atoms with Gasteiger partial charge < -0.3 is 4.57 Å². The van der Waals surface area contributed by atoms with E-state index < -0.39 is 0 Å². The van der Waals surface area contributed by atoms with E-state index in [1.807, 2.05) is 24.3 Å². The van der Waals surface area contributed by atoms with Gasteiger partial charge in [-0.15, -0.1) is 0 Å². The lowest BCUT2D eigenvalue weighted by atomic mass is 10.2. The Bertz CT molecular complexity index is 1280. The van der Waals surface area contributed by atoms with E-state index in [1.165, 1.54) is 16.3 Å². The van der Waals surface area contributed by atoms with E-state index in [2.05, 4.69) is 0 Å².